The summed E-state index contributed by atoms with van der Waals surface area (Å²) in [7, 11) is -9.91. The Hall–Kier alpha value is -1.94. The molecular weight excluding hydrogens is 1230 g/mol. The molecule has 0 aromatic heterocycles. The van der Waals surface area contributed by atoms with Crippen LogP contribution < -0.4 is 0 Å². The maximum Gasteiger partial charge on any atom is 0.472 e. The number of rotatable bonds is 73. The SMILES string of the molecule is CCCCCCCCCCCCCCC(=O)O[C@H](COC(=O)CCCCCCCCCC(C)C)COP(=O)(O)OC[C@H](O)COP(=O)(O)OC[C@@H](COC(=O)CCCCCCCCCCCCCC(C)C)OC(=O)CCCCCCCCCCCCCCCCCC(C)C. The van der Waals surface area contributed by atoms with Gasteiger partial charge in [0.25, 0.3) is 0 Å². The van der Waals surface area contributed by atoms with Gasteiger partial charge in [-0.2, -0.15) is 0 Å². The Morgan fingerprint density at radius 2 is 0.489 bits per heavy atom. The fraction of sp³-hybridized carbons (Fsp3) is 0.947. The van der Waals surface area contributed by atoms with E-state index in [0.717, 1.165) is 108 Å². The molecular formula is C75H146O17P2. The van der Waals surface area contributed by atoms with Crippen LogP contribution in [0.3, 0.4) is 0 Å². The Balaban J connectivity index is 5.24. The van der Waals surface area contributed by atoms with Gasteiger partial charge in [-0.05, 0) is 43.4 Å². The fourth-order valence-corrected chi connectivity index (χ4v) is 13.0. The zero-order valence-corrected chi connectivity index (χ0v) is 63.2. The minimum Gasteiger partial charge on any atom is -0.462 e. The summed E-state index contributed by atoms with van der Waals surface area (Å²) in [6.45, 7) is 11.9. The van der Waals surface area contributed by atoms with E-state index in [0.29, 0.717) is 31.6 Å². The van der Waals surface area contributed by atoms with Crippen LogP contribution >= 0.6 is 15.6 Å². The first-order chi connectivity index (χ1) is 45.2. The largest absolute Gasteiger partial charge is 0.472 e. The highest BCUT2D eigenvalue weighted by Crippen LogP contribution is 2.45. The lowest BCUT2D eigenvalue weighted by atomic mass is 10.0. The van der Waals surface area contributed by atoms with Gasteiger partial charge in [-0.1, -0.05) is 331 Å². The lowest BCUT2D eigenvalue weighted by Gasteiger charge is -2.21. The van der Waals surface area contributed by atoms with Gasteiger partial charge in [0.15, 0.2) is 12.2 Å². The van der Waals surface area contributed by atoms with Crippen LogP contribution in [0.4, 0.5) is 0 Å². The van der Waals surface area contributed by atoms with Crippen molar-refractivity contribution in [2.75, 3.05) is 39.6 Å². The predicted molar refractivity (Wildman–Crippen MR) is 381 cm³/mol. The monoisotopic (exact) mass is 1380 g/mol. The molecule has 19 heteroatoms. The van der Waals surface area contributed by atoms with E-state index in [-0.39, 0.29) is 25.7 Å². The van der Waals surface area contributed by atoms with Crippen LogP contribution in [0.2, 0.25) is 0 Å². The van der Waals surface area contributed by atoms with E-state index >= 15 is 0 Å². The van der Waals surface area contributed by atoms with Crippen molar-refractivity contribution in [1.82, 2.24) is 0 Å². The summed E-state index contributed by atoms with van der Waals surface area (Å²) in [5, 5.41) is 10.6. The van der Waals surface area contributed by atoms with Crippen LogP contribution in [0.5, 0.6) is 0 Å². The predicted octanol–water partition coefficient (Wildman–Crippen LogP) is 21.8. The molecule has 3 N–H and O–H groups in total. The first kappa shape index (κ1) is 92.1. The van der Waals surface area contributed by atoms with E-state index in [1.165, 1.54) is 186 Å². The molecule has 0 aliphatic carbocycles. The molecule has 0 saturated heterocycles. The van der Waals surface area contributed by atoms with Crippen molar-refractivity contribution in [3.8, 4) is 0 Å². The lowest BCUT2D eigenvalue weighted by Crippen LogP contribution is -2.30. The van der Waals surface area contributed by atoms with Crippen LogP contribution in [-0.4, -0.2) is 96.7 Å². The number of hydrogen-bond acceptors (Lipinski definition) is 15. The average molecular weight is 1380 g/mol. The Morgan fingerprint density at radius 1 is 0.287 bits per heavy atom. The summed E-state index contributed by atoms with van der Waals surface area (Å²) in [5.74, 6) is 0.160. The summed E-state index contributed by atoms with van der Waals surface area (Å²) >= 11 is 0. The van der Waals surface area contributed by atoms with E-state index in [1.54, 1.807) is 0 Å². The van der Waals surface area contributed by atoms with E-state index in [9.17, 15) is 43.2 Å². The maximum absolute atomic E-state index is 13.1. The highest BCUT2D eigenvalue weighted by Gasteiger charge is 2.30. The van der Waals surface area contributed by atoms with Crippen LogP contribution in [0.25, 0.3) is 0 Å². The first-order valence-electron chi connectivity index (χ1n) is 38.8. The number of aliphatic hydroxyl groups excluding tert-OH is 1. The minimum absolute atomic E-state index is 0.106. The number of phosphoric ester groups is 2. The number of aliphatic hydroxyl groups is 1. The molecule has 0 radical (unpaired) electrons. The zero-order chi connectivity index (χ0) is 69.4. The number of carbonyl (C=O) groups excluding carboxylic acids is 4. The summed E-state index contributed by atoms with van der Waals surface area (Å²) in [4.78, 5) is 72.7. The van der Waals surface area contributed by atoms with E-state index in [4.69, 9.17) is 37.0 Å². The second kappa shape index (κ2) is 65.7. The van der Waals surface area contributed by atoms with Crippen molar-refractivity contribution in [2.24, 2.45) is 17.8 Å². The van der Waals surface area contributed by atoms with Gasteiger partial charge in [0.1, 0.15) is 19.3 Å². The Bertz CT molecular complexity index is 1840. The number of ether oxygens (including phenoxy) is 4. The van der Waals surface area contributed by atoms with Crippen molar-refractivity contribution in [3.63, 3.8) is 0 Å². The van der Waals surface area contributed by atoms with Crippen molar-refractivity contribution >= 4 is 39.5 Å². The third-order valence-corrected chi connectivity index (χ3v) is 19.3. The molecule has 0 heterocycles. The van der Waals surface area contributed by atoms with Gasteiger partial charge in [-0.15, -0.1) is 0 Å². The van der Waals surface area contributed by atoms with Gasteiger partial charge in [-0.3, -0.25) is 37.3 Å². The number of carbonyl (C=O) groups is 4. The Labute approximate surface area is 575 Å². The minimum atomic E-state index is -4.96. The topological polar surface area (TPSA) is 237 Å². The summed E-state index contributed by atoms with van der Waals surface area (Å²) in [5.41, 5.74) is 0. The van der Waals surface area contributed by atoms with E-state index < -0.39 is 97.5 Å². The van der Waals surface area contributed by atoms with Crippen LogP contribution in [-0.2, 0) is 65.4 Å². The molecule has 5 atom stereocenters. The number of esters is 4. The Kier molecular flexibility index (Phi) is 64.3. The van der Waals surface area contributed by atoms with Crippen molar-refractivity contribution in [1.29, 1.82) is 0 Å². The van der Waals surface area contributed by atoms with Gasteiger partial charge < -0.3 is 33.8 Å². The molecule has 0 aromatic rings. The molecule has 0 aromatic carbocycles. The lowest BCUT2D eigenvalue weighted by molar-refractivity contribution is -0.161. The standard InChI is InChI=1S/C75H146O17P2/c1-8-9-10-11-12-13-14-23-29-36-44-51-58-74(79)92-71(63-86-73(78)57-50-43-38-31-34-41-48-55-68(6)7)65-90-94(83,84)88-61-69(76)60-87-93(81,82)89-64-70(62-85-72(77)56-49-42-35-28-25-20-22-27-33-40-47-54-67(4)5)91-75(80)59-52-45-37-30-24-19-17-15-16-18-21-26-32-39-46-53-66(2)3/h66-71,76H,8-65H2,1-7H3,(H,81,82)(H,83,84)/t69-,70-,71-/m1/s1. The molecule has 0 aliphatic rings. The molecule has 0 rings (SSSR count). The highest BCUT2D eigenvalue weighted by atomic mass is 31.2. The third-order valence-electron chi connectivity index (χ3n) is 17.4. The van der Waals surface area contributed by atoms with Crippen LogP contribution in [0.15, 0.2) is 0 Å². The van der Waals surface area contributed by atoms with Crippen molar-refractivity contribution in [3.05, 3.63) is 0 Å². The molecule has 0 saturated carbocycles. The van der Waals surface area contributed by atoms with Gasteiger partial charge in [0.2, 0.25) is 0 Å². The van der Waals surface area contributed by atoms with Gasteiger partial charge in [0.05, 0.1) is 26.4 Å². The second-order valence-electron chi connectivity index (χ2n) is 28.5. The van der Waals surface area contributed by atoms with Crippen LogP contribution in [0, 0.1) is 17.8 Å². The average Bonchev–Trinajstić information content (AvgIpc) is 2.46. The van der Waals surface area contributed by atoms with Crippen LogP contribution in [0.1, 0.15) is 382 Å². The van der Waals surface area contributed by atoms with Crippen molar-refractivity contribution < 1.29 is 80.2 Å². The molecule has 0 aliphatic heterocycles. The number of unbranched alkanes of at least 4 members (excludes halogenated alkanes) is 41. The molecule has 0 fully saturated rings. The summed E-state index contributed by atoms with van der Waals surface area (Å²) in [6.07, 6.45) is 51.3. The number of hydrogen-bond donors (Lipinski definition) is 3. The molecule has 0 bridgehead atoms. The summed E-state index contributed by atoms with van der Waals surface area (Å²) in [6, 6.07) is 0. The first-order valence-corrected chi connectivity index (χ1v) is 41.8. The quantitative estimate of drug-likeness (QED) is 0.0222. The molecule has 0 spiro atoms. The van der Waals surface area contributed by atoms with E-state index in [1.807, 2.05) is 0 Å². The molecule has 17 nitrogen and oxygen atoms in total. The Morgan fingerprint density at radius 3 is 0.723 bits per heavy atom. The summed E-state index contributed by atoms with van der Waals surface area (Å²) < 4.78 is 68.5. The normalized spacial score (nSPS) is 14.1. The smallest absolute Gasteiger partial charge is 0.462 e. The highest BCUT2D eigenvalue weighted by molar-refractivity contribution is 7.47. The van der Waals surface area contributed by atoms with E-state index in [2.05, 4.69) is 48.5 Å². The maximum atomic E-state index is 13.1. The molecule has 558 valence electrons. The van der Waals surface area contributed by atoms with Gasteiger partial charge in [0, 0.05) is 25.7 Å². The van der Waals surface area contributed by atoms with Gasteiger partial charge >= 0.3 is 39.5 Å². The third kappa shape index (κ3) is 68.6. The molecule has 94 heavy (non-hydrogen) atoms. The van der Waals surface area contributed by atoms with Crippen molar-refractivity contribution in [2.45, 2.75) is 401 Å². The fourth-order valence-electron chi connectivity index (χ4n) is 11.4. The van der Waals surface area contributed by atoms with Gasteiger partial charge in [-0.25, -0.2) is 9.13 Å². The number of phosphoric acid groups is 2. The molecule has 2 unspecified atom stereocenters. The zero-order valence-electron chi connectivity index (χ0n) is 61.4. The second-order valence-corrected chi connectivity index (χ2v) is 31.4. The molecule has 0 amide bonds.